The molecule has 25 heavy (non-hydrogen) atoms. The average molecular weight is 342 g/mol. The molecule has 0 spiro atoms. The minimum absolute atomic E-state index is 0.106. The second-order valence-electron chi connectivity index (χ2n) is 6.80. The summed E-state index contributed by atoms with van der Waals surface area (Å²) < 4.78 is 5.29. The molecule has 0 saturated carbocycles. The van der Waals surface area contributed by atoms with Crippen molar-refractivity contribution in [2.45, 2.75) is 37.6 Å². The van der Waals surface area contributed by atoms with E-state index >= 15 is 0 Å². The number of carbonyl (C=O) groups excluding carboxylic acids is 2. The van der Waals surface area contributed by atoms with Gasteiger partial charge in [0, 0.05) is 26.3 Å². The number of hydrogen-bond donors (Lipinski definition) is 1. The van der Waals surface area contributed by atoms with Crippen LogP contribution in [0.1, 0.15) is 48.0 Å². The summed E-state index contributed by atoms with van der Waals surface area (Å²) in [7, 11) is 3.17. The molecule has 5 nitrogen and oxygen atoms in total. The van der Waals surface area contributed by atoms with Crippen LogP contribution in [0.2, 0.25) is 0 Å². The Hall–Kier alpha value is -2.14. The van der Waals surface area contributed by atoms with Crippen molar-refractivity contribution >= 4 is 17.4 Å². The van der Waals surface area contributed by atoms with Crippen molar-refractivity contribution in [3.63, 3.8) is 0 Å². The predicted octanol–water partition coefficient (Wildman–Crippen LogP) is 2.62. The van der Waals surface area contributed by atoms with Gasteiger partial charge in [0.25, 0.3) is 5.91 Å². The Morgan fingerprint density at radius 3 is 2.60 bits per heavy atom. The Bertz CT molecular complexity index is 681. The Morgan fingerprint density at radius 2 is 2.00 bits per heavy atom. The number of rotatable bonds is 5. The van der Waals surface area contributed by atoms with Crippen LogP contribution in [0.15, 0.2) is 30.3 Å². The highest BCUT2D eigenvalue weighted by atomic mass is 16.5. The Morgan fingerprint density at radius 1 is 1.24 bits per heavy atom. The molecule has 1 heterocycles. The lowest BCUT2D eigenvalue weighted by molar-refractivity contribution is -0.133. The van der Waals surface area contributed by atoms with Crippen LogP contribution in [0.5, 0.6) is 0 Å². The minimum Gasteiger partial charge on any atom is -0.382 e. The first-order chi connectivity index (χ1) is 12.1. The number of hydrogen-bond acceptors (Lipinski definition) is 3. The fourth-order valence-electron chi connectivity index (χ4n) is 4.01. The van der Waals surface area contributed by atoms with E-state index < -0.39 is 5.54 Å². The molecule has 1 aromatic rings. The second-order valence-corrected chi connectivity index (χ2v) is 6.80. The van der Waals surface area contributed by atoms with Crippen LogP contribution in [0.25, 0.3) is 5.57 Å². The SMILES string of the molecule is CNC(=O)C1(COC)CCCN1C(=O)c1ccc(C2=CCCC2)cc1. The number of allylic oxidation sites excluding steroid dienone is 2. The van der Waals surface area contributed by atoms with Crippen LogP contribution >= 0.6 is 0 Å². The van der Waals surface area contributed by atoms with E-state index in [0.717, 1.165) is 19.3 Å². The van der Waals surface area contributed by atoms with Gasteiger partial charge in [-0.2, -0.15) is 0 Å². The third-order valence-corrected chi connectivity index (χ3v) is 5.31. The van der Waals surface area contributed by atoms with Crippen LogP contribution in [0, 0.1) is 0 Å². The molecule has 0 bridgehead atoms. The van der Waals surface area contributed by atoms with E-state index in [4.69, 9.17) is 4.74 Å². The predicted molar refractivity (Wildman–Crippen MR) is 97.2 cm³/mol. The monoisotopic (exact) mass is 342 g/mol. The van der Waals surface area contributed by atoms with Crippen molar-refractivity contribution < 1.29 is 14.3 Å². The molecule has 1 saturated heterocycles. The number of likely N-dealkylation sites (tertiary alicyclic amines) is 1. The molecule has 1 aliphatic heterocycles. The van der Waals surface area contributed by atoms with E-state index in [1.165, 1.54) is 17.6 Å². The first kappa shape index (κ1) is 17.7. The quantitative estimate of drug-likeness (QED) is 0.895. The van der Waals surface area contributed by atoms with Crippen LogP contribution in [-0.2, 0) is 9.53 Å². The van der Waals surface area contributed by atoms with E-state index in [9.17, 15) is 9.59 Å². The van der Waals surface area contributed by atoms with Crippen molar-refractivity contribution in [1.29, 1.82) is 0 Å². The summed E-state index contributed by atoms with van der Waals surface area (Å²) in [5.41, 5.74) is 2.26. The number of benzene rings is 1. The number of amides is 2. The zero-order valence-corrected chi connectivity index (χ0v) is 15.0. The van der Waals surface area contributed by atoms with E-state index in [1.807, 2.05) is 24.3 Å². The Kier molecular flexibility index (Phi) is 5.23. The number of nitrogens with zero attached hydrogens (tertiary/aromatic N) is 1. The molecule has 1 N–H and O–H groups in total. The van der Waals surface area contributed by atoms with Gasteiger partial charge >= 0.3 is 0 Å². The van der Waals surface area contributed by atoms with Crippen molar-refractivity contribution in [3.05, 3.63) is 41.5 Å². The van der Waals surface area contributed by atoms with Crippen LogP contribution in [0.4, 0.5) is 0 Å². The molecule has 2 aliphatic rings. The van der Waals surface area contributed by atoms with Gasteiger partial charge in [0.2, 0.25) is 5.91 Å². The molecule has 1 atom stereocenters. The van der Waals surface area contributed by atoms with Crippen LogP contribution in [-0.4, -0.2) is 49.6 Å². The number of nitrogens with one attached hydrogen (secondary N) is 1. The summed E-state index contributed by atoms with van der Waals surface area (Å²) in [6.07, 6.45) is 7.13. The molecule has 1 aliphatic carbocycles. The highest BCUT2D eigenvalue weighted by Gasteiger charge is 2.49. The maximum Gasteiger partial charge on any atom is 0.254 e. The third-order valence-electron chi connectivity index (χ3n) is 5.31. The Balaban J connectivity index is 1.84. The molecule has 0 aromatic heterocycles. The third kappa shape index (κ3) is 3.21. The lowest BCUT2D eigenvalue weighted by atomic mass is 9.95. The normalized spacial score (nSPS) is 22.8. The van der Waals surface area contributed by atoms with Gasteiger partial charge in [-0.1, -0.05) is 18.2 Å². The summed E-state index contributed by atoms with van der Waals surface area (Å²) in [6.45, 7) is 0.784. The van der Waals surface area contributed by atoms with Gasteiger partial charge in [-0.15, -0.1) is 0 Å². The summed E-state index contributed by atoms with van der Waals surface area (Å²) in [5, 5.41) is 2.69. The van der Waals surface area contributed by atoms with E-state index in [2.05, 4.69) is 11.4 Å². The summed E-state index contributed by atoms with van der Waals surface area (Å²) in [6, 6.07) is 7.77. The molecule has 5 heteroatoms. The molecule has 1 unspecified atom stereocenters. The van der Waals surface area contributed by atoms with Crippen LogP contribution < -0.4 is 5.32 Å². The minimum atomic E-state index is -0.909. The van der Waals surface area contributed by atoms with Crippen molar-refractivity contribution in [1.82, 2.24) is 10.2 Å². The summed E-state index contributed by atoms with van der Waals surface area (Å²) in [5.74, 6) is -0.266. The molecule has 1 fully saturated rings. The standard InChI is InChI=1S/C20H26N2O3/c1-21-19(24)20(14-25-2)12-5-13-22(20)18(23)17-10-8-16(9-11-17)15-6-3-4-7-15/h6,8-11H,3-5,7,12-14H2,1-2H3,(H,21,24). The van der Waals surface area contributed by atoms with Gasteiger partial charge in [-0.3, -0.25) is 9.59 Å². The van der Waals surface area contributed by atoms with Crippen molar-refractivity contribution in [3.8, 4) is 0 Å². The average Bonchev–Trinajstić information content (AvgIpc) is 3.31. The smallest absolute Gasteiger partial charge is 0.254 e. The van der Waals surface area contributed by atoms with Crippen LogP contribution in [0.3, 0.4) is 0 Å². The molecule has 1 aromatic carbocycles. The molecule has 3 rings (SSSR count). The molecule has 2 amide bonds. The largest absolute Gasteiger partial charge is 0.382 e. The maximum atomic E-state index is 13.1. The zero-order valence-electron chi connectivity index (χ0n) is 15.0. The fourth-order valence-corrected chi connectivity index (χ4v) is 4.01. The van der Waals surface area contributed by atoms with Gasteiger partial charge in [-0.25, -0.2) is 0 Å². The molecule has 0 radical (unpaired) electrons. The highest BCUT2D eigenvalue weighted by Crippen LogP contribution is 2.32. The molecular weight excluding hydrogens is 316 g/mol. The zero-order chi connectivity index (χ0) is 17.9. The first-order valence-corrected chi connectivity index (χ1v) is 8.95. The van der Waals surface area contributed by atoms with E-state index in [-0.39, 0.29) is 18.4 Å². The fraction of sp³-hybridized carbons (Fsp3) is 0.500. The van der Waals surface area contributed by atoms with Gasteiger partial charge in [0.15, 0.2) is 0 Å². The van der Waals surface area contributed by atoms with Crippen molar-refractivity contribution in [2.24, 2.45) is 0 Å². The van der Waals surface area contributed by atoms with Gasteiger partial charge in [0.1, 0.15) is 5.54 Å². The lowest BCUT2D eigenvalue weighted by Crippen LogP contribution is -2.59. The molecule has 134 valence electrons. The van der Waals surface area contributed by atoms with Gasteiger partial charge in [-0.05, 0) is 55.4 Å². The number of carbonyl (C=O) groups is 2. The summed E-state index contributed by atoms with van der Waals surface area (Å²) >= 11 is 0. The highest BCUT2D eigenvalue weighted by molar-refractivity contribution is 6.00. The van der Waals surface area contributed by atoms with Crippen molar-refractivity contribution in [2.75, 3.05) is 27.3 Å². The molecular formula is C20H26N2O3. The Labute approximate surface area is 149 Å². The lowest BCUT2D eigenvalue weighted by Gasteiger charge is -2.36. The second kappa shape index (κ2) is 7.40. The summed E-state index contributed by atoms with van der Waals surface area (Å²) in [4.78, 5) is 27.3. The van der Waals surface area contributed by atoms with Gasteiger partial charge < -0.3 is 15.0 Å². The number of ether oxygens (including phenoxy) is 1. The van der Waals surface area contributed by atoms with Gasteiger partial charge in [0.05, 0.1) is 6.61 Å². The number of methoxy groups -OCH3 is 1. The maximum absolute atomic E-state index is 13.1. The van der Waals surface area contributed by atoms with E-state index in [1.54, 1.807) is 19.1 Å². The first-order valence-electron chi connectivity index (χ1n) is 8.95. The topological polar surface area (TPSA) is 58.6 Å². The van der Waals surface area contributed by atoms with E-state index in [0.29, 0.717) is 18.5 Å². The number of likely N-dealkylation sites (N-methyl/N-ethyl adjacent to an activating group) is 1.